The Bertz CT molecular complexity index is 268. The quantitative estimate of drug-likeness (QED) is 0.673. The van der Waals surface area contributed by atoms with Crippen molar-refractivity contribution in [3.05, 3.63) is 11.6 Å². The standard InChI is InChI=1S/C13H20O2/c14-12-7-9-13(15,10-8-12)11-5-3-1-2-4-6-11/h5,15H,1-4,6-10H2. The molecule has 0 aromatic rings. The Morgan fingerprint density at radius 1 is 1.07 bits per heavy atom. The summed E-state index contributed by atoms with van der Waals surface area (Å²) < 4.78 is 0. The van der Waals surface area contributed by atoms with Gasteiger partial charge in [0.1, 0.15) is 5.78 Å². The molecule has 0 aliphatic heterocycles. The molecule has 1 saturated carbocycles. The SMILES string of the molecule is O=C1CCC(O)(C2=CCCCCC2)CC1. The summed E-state index contributed by atoms with van der Waals surface area (Å²) in [5.41, 5.74) is 0.575. The van der Waals surface area contributed by atoms with Crippen molar-refractivity contribution < 1.29 is 9.90 Å². The van der Waals surface area contributed by atoms with Crippen molar-refractivity contribution in [1.82, 2.24) is 0 Å². The van der Waals surface area contributed by atoms with Crippen LogP contribution in [0.1, 0.15) is 57.8 Å². The molecule has 1 fully saturated rings. The van der Waals surface area contributed by atoms with Crippen molar-refractivity contribution in [3.8, 4) is 0 Å². The van der Waals surface area contributed by atoms with Crippen LogP contribution in [0.5, 0.6) is 0 Å². The molecule has 0 aromatic carbocycles. The summed E-state index contributed by atoms with van der Waals surface area (Å²) in [6.45, 7) is 0. The van der Waals surface area contributed by atoms with Crippen LogP contribution in [0, 0.1) is 0 Å². The fourth-order valence-electron chi connectivity index (χ4n) is 2.70. The van der Waals surface area contributed by atoms with Crippen LogP contribution in [0.25, 0.3) is 0 Å². The maximum Gasteiger partial charge on any atom is 0.133 e. The van der Waals surface area contributed by atoms with Crippen LogP contribution in [-0.4, -0.2) is 16.5 Å². The Morgan fingerprint density at radius 3 is 2.53 bits per heavy atom. The molecule has 0 spiro atoms. The predicted octanol–water partition coefficient (Wildman–Crippen LogP) is 2.75. The maximum atomic E-state index is 11.2. The Balaban J connectivity index is 2.06. The van der Waals surface area contributed by atoms with E-state index >= 15 is 0 Å². The summed E-state index contributed by atoms with van der Waals surface area (Å²) in [4.78, 5) is 11.2. The number of ketones is 1. The van der Waals surface area contributed by atoms with Gasteiger partial charge in [0.25, 0.3) is 0 Å². The van der Waals surface area contributed by atoms with Crippen LogP contribution in [0.4, 0.5) is 0 Å². The normalized spacial score (nSPS) is 27.0. The third-order valence-electron chi connectivity index (χ3n) is 3.77. The van der Waals surface area contributed by atoms with Gasteiger partial charge in [0, 0.05) is 12.8 Å². The van der Waals surface area contributed by atoms with Crippen molar-refractivity contribution in [1.29, 1.82) is 0 Å². The summed E-state index contributed by atoms with van der Waals surface area (Å²) in [6.07, 6.45) is 10.5. The van der Waals surface area contributed by atoms with Gasteiger partial charge in [-0.25, -0.2) is 0 Å². The van der Waals surface area contributed by atoms with Crippen LogP contribution in [0.15, 0.2) is 11.6 Å². The highest BCUT2D eigenvalue weighted by molar-refractivity contribution is 5.79. The summed E-state index contributed by atoms with van der Waals surface area (Å²) in [5.74, 6) is 0.314. The van der Waals surface area contributed by atoms with Crippen LogP contribution in [-0.2, 0) is 4.79 Å². The highest BCUT2D eigenvalue weighted by Crippen LogP contribution is 2.36. The molecule has 0 aromatic heterocycles. The Morgan fingerprint density at radius 2 is 1.80 bits per heavy atom. The first-order chi connectivity index (χ1) is 7.21. The summed E-state index contributed by atoms with van der Waals surface area (Å²) >= 11 is 0. The molecule has 0 heterocycles. The van der Waals surface area contributed by atoms with Crippen LogP contribution < -0.4 is 0 Å². The molecule has 0 bridgehead atoms. The lowest BCUT2D eigenvalue weighted by molar-refractivity contribution is -0.124. The summed E-state index contributed by atoms with van der Waals surface area (Å²) in [7, 11) is 0. The molecule has 0 amide bonds. The summed E-state index contributed by atoms with van der Waals surface area (Å²) in [6, 6.07) is 0. The third-order valence-corrected chi connectivity index (χ3v) is 3.77. The molecule has 2 aliphatic carbocycles. The minimum atomic E-state index is -0.641. The Labute approximate surface area is 91.4 Å². The summed E-state index contributed by atoms with van der Waals surface area (Å²) in [5, 5.41) is 10.5. The van der Waals surface area contributed by atoms with Gasteiger partial charge in [-0.2, -0.15) is 0 Å². The highest BCUT2D eigenvalue weighted by Gasteiger charge is 2.35. The molecule has 84 valence electrons. The largest absolute Gasteiger partial charge is 0.385 e. The van der Waals surface area contributed by atoms with E-state index in [0.29, 0.717) is 31.5 Å². The number of carbonyl (C=O) groups excluding carboxylic acids is 1. The molecule has 0 radical (unpaired) electrons. The lowest BCUT2D eigenvalue weighted by Gasteiger charge is -2.34. The smallest absolute Gasteiger partial charge is 0.133 e. The van der Waals surface area contributed by atoms with Crippen molar-refractivity contribution in [3.63, 3.8) is 0 Å². The first-order valence-corrected chi connectivity index (χ1v) is 6.14. The molecule has 2 heteroatoms. The molecule has 0 atom stereocenters. The minimum absolute atomic E-state index is 0.314. The van der Waals surface area contributed by atoms with Gasteiger partial charge in [-0.15, -0.1) is 0 Å². The predicted molar refractivity (Wildman–Crippen MR) is 59.6 cm³/mol. The minimum Gasteiger partial charge on any atom is -0.385 e. The van der Waals surface area contributed by atoms with E-state index in [-0.39, 0.29) is 0 Å². The van der Waals surface area contributed by atoms with Crippen molar-refractivity contribution >= 4 is 5.78 Å². The second kappa shape index (κ2) is 4.48. The first kappa shape index (κ1) is 10.9. The van der Waals surface area contributed by atoms with Gasteiger partial charge in [0.2, 0.25) is 0 Å². The van der Waals surface area contributed by atoms with Crippen molar-refractivity contribution in [2.45, 2.75) is 63.4 Å². The van der Waals surface area contributed by atoms with Gasteiger partial charge >= 0.3 is 0 Å². The number of allylic oxidation sites excluding steroid dienone is 1. The molecule has 2 rings (SSSR count). The number of rotatable bonds is 1. The number of aliphatic hydroxyl groups is 1. The van der Waals surface area contributed by atoms with E-state index in [1.54, 1.807) is 0 Å². The molecular weight excluding hydrogens is 188 g/mol. The molecule has 2 nitrogen and oxygen atoms in total. The average molecular weight is 208 g/mol. The van der Waals surface area contributed by atoms with Crippen LogP contribution >= 0.6 is 0 Å². The number of carbonyl (C=O) groups is 1. The van der Waals surface area contributed by atoms with E-state index in [0.717, 1.165) is 12.8 Å². The highest BCUT2D eigenvalue weighted by atomic mass is 16.3. The van der Waals surface area contributed by atoms with Gasteiger partial charge in [0.05, 0.1) is 5.60 Å². The molecule has 15 heavy (non-hydrogen) atoms. The first-order valence-electron chi connectivity index (χ1n) is 6.14. The Kier molecular flexibility index (Phi) is 3.25. The molecule has 1 N–H and O–H groups in total. The zero-order valence-electron chi connectivity index (χ0n) is 9.30. The second-order valence-corrected chi connectivity index (χ2v) is 4.90. The van der Waals surface area contributed by atoms with E-state index in [1.807, 2.05) is 0 Å². The van der Waals surface area contributed by atoms with Crippen molar-refractivity contribution in [2.24, 2.45) is 0 Å². The maximum absolute atomic E-state index is 11.2. The van der Waals surface area contributed by atoms with Gasteiger partial charge in [0.15, 0.2) is 0 Å². The lowest BCUT2D eigenvalue weighted by atomic mass is 9.77. The van der Waals surface area contributed by atoms with E-state index in [4.69, 9.17) is 0 Å². The fourth-order valence-corrected chi connectivity index (χ4v) is 2.70. The van der Waals surface area contributed by atoms with E-state index in [2.05, 4.69) is 6.08 Å². The topological polar surface area (TPSA) is 37.3 Å². The zero-order valence-corrected chi connectivity index (χ0v) is 9.30. The number of hydrogen-bond donors (Lipinski definition) is 1. The lowest BCUT2D eigenvalue weighted by Crippen LogP contribution is -2.36. The second-order valence-electron chi connectivity index (χ2n) is 4.90. The fraction of sp³-hybridized carbons (Fsp3) is 0.769. The van der Waals surface area contributed by atoms with Crippen molar-refractivity contribution in [2.75, 3.05) is 0 Å². The average Bonchev–Trinajstić information content (AvgIpc) is 2.51. The van der Waals surface area contributed by atoms with Crippen LogP contribution in [0.3, 0.4) is 0 Å². The van der Waals surface area contributed by atoms with Gasteiger partial charge in [-0.3, -0.25) is 4.79 Å². The monoisotopic (exact) mass is 208 g/mol. The molecule has 0 saturated heterocycles. The van der Waals surface area contributed by atoms with E-state index < -0.39 is 5.60 Å². The zero-order chi connectivity index (χ0) is 10.7. The third kappa shape index (κ3) is 2.49. The molecular formula is C13H20O2. The molecule has 2 aliphatic rings. The van der Waals surface area contributed by atoms with E-state index in [1.165, 1.54) is 24.8 Å². The van der Waals surface area contributed by atoms with Gasteiger partial charge < -0.3 is 5.11 Å². The molecule has 0 unspecified atom stereocenters. The Hall–Kier alpha value is -0.630. The van der Waals surface area contributed by atoms with Gasteiger partial charge in [-0.1, -0.05) is 12.5 Å². The number of Topliss-reactive ketones (excluding diaryl/α,β-unsaturated/α-hetero) is 1. The van der Waals surface area contributed by atoms with Crippen LogP contribution in [0.2, 0.25) is 0 Å². The van der Waals surface area contributed by atoms with E-state index in [9.17, 15) is 9.90 Å². The van der Waals surface area contributed by atoms with Gasteiger partial charge in [-0.05, 0) is 44.1 Å². The number of hydrogen-bond acceptors (Lipinski definition) is 2.